The van der Waals surface area contributed by atoms with Crippen LogP contribution in [0.2, 0.25) is 0 Å². The molecule has 0 spiro atoms. The van der Waals surface area contributed by atoms with E-state index in [-0.39, 0.29) is 12.1 Å². The standard InChI is InChI=1S/C16H27NO2/c1-6-9-17-12(3)15-10-11(2)7-8-16(15)19-14(5)13(4)18/h7-8,10,12-14,17-18H,6,9H2,1-5H3. The van der Waals surface area contributed by atoms with Crippen molar-refractivity contribution in [2.24, 2.45) is 0 Å². The summed E-state index contributed by atoms with van der Waals surface area (Å²) in [5, 5.41) is 13.0. The smallest absolute Gasteiger partial charge is 0.124 e. The lowest BCUT2D eigenvalue weighted by Gasteiger charge is -2.23. The predicted molar refractivity (Wildman–Crippen MR) is 79.7 cm³/mol. The number of nitrogens with one attached hydrogen (secondary N) is 1. The number of ether oxygens (including phenoxy) is 1. The third-order valence-electron chi connectivity index (χ3n) is 3.32. The molecule has 1 aromatic carbocycles. The van der Waals surface area contributed by atoms with Gasteiger partial charge in [-0.25, -0.2) is 0 Å². The van der Waals surface area contributed by atoms with Crippen molar-refractivity contribution in [1.29, 1.82) is 0 Å². The Bertz CT molecular complexity index is 390. The van der Waals surface area contributed by atoms with E-state index >= 15 is 0 Å². The van der Waals surface area contributed by atoms with Crippen LogP contribution in [-0.2, 0) is 0 Å². The minimum atomic E-state index is -0.479. The van der Waals surface area contributed by atoms with E-state index in [9.17, 15) is 5.11 Å². The summed E-state index contributed by atoms with van der Waals surface area (Å²) < 4.78 is 5.87. The Morgan fingerprint density at radius 3 is 2.53 bits per heavy atom. The van der Waals surface area contributed by atoms with E-state index in [4.69, 9.17) is 4.74 Å². The molecule has 0 fully saturated rings. The fraction of sp³-hybridized carbons (Fsp3) is 0.625. The Morgan fingerprint density at radius 2 is 1.95 bits per heavy atom. The highest BCUT2D eigenvalue weighted by molar-refractivity contribution is 5.39. The molecule has 0 aliphatic rings. The molecule has 3 heteroatoms. The van der Waals surface area contributed by atoms with E-state index < -0.39 is 6.10 Å². The maximum absolute atomic E-state index is 9.57. The number of benzene rings is 1. The van der Waals surface area contributed by atoms with Gasteiger partial charge >= 0.3 is 0 Å². The molecule has 2 N–H and O–H groups in total. The van der Waals surface area contributed by atoms with Crippen molar-refractivity contribution in [3.63, 3.8) is 0 Å². The van der Waals surface area contributed by atoms with E-state index in [0.717, 1.165) is 24.3 Å². The first kappa shape index (κ1) is 16.0. The molecule has 3 unspecified atom stereocenters. The van der Waals surface area contributed by atoms with Crippen molar-refractivity contribution in [3.05, 3.63) is 29.3 Å². The molecule has 0 aromatic heterocycles. The Hall–Kier alpha value is -1.06. The molecule has 3 nitrogen and oxygen atoms in total. The molecule has 0 aliphatic heterocycles. The minimum absolute atomic E-state index is 0.208. The topological polar surface area (TPSA) is 41.5 Å². The number of hydrogen-bond donors (Lipinski definition) is 2. The van der Waals surface area contributed by atoms with Gasteiger partial charge in [0.2, 0.25) is 0 Å². The predicted octanol–water partition coefficient (Wildman–Crippen LogP) is 3.20. The molecule has 0 saturated carbocycles. The lowest BCUT2D eigenvalue weighted by atomic mass is 10.0. The first-order chi connectivity index (χ1) is 8.95. The number of hydrogen-bond acceptors (Lipinski definition) is 3. The molecule has 1 rings (SSSR count). The van der Waals surface area contributed by atoms with Gasteiger partial charge in [0.15, 0.2) is 0 Å². The molecular weight excluding hydrogens is 238 g/mol. The van der Waals surface area contributed by atoms with Crippen LogP contribution in [0.5, 0.6) is 5.75 Å². The number of aliphatic hydroxyl groups excluding tert-OH is 1. The molecule has 0 heterocycles. The van der Waals surface area contributed by atoms with Gasteiger partial charge in [0.25, 0.3) is 0 Å². The maximum Gasteiger partial charge on any atom is 0.124 e. The van der Waals surface area contributed by atoms with Crippen molar-refractivity contribution >= 4 is 0 Å². The molecule has 0 amide bonds. The molecule has 0 bridgehead atoms. The second kappa shape index (κ2) is 7.51. The van der Waals surface area contributed by atoms with Crippen molar-refractivity contribution in [2.45, 2.75) is 59.3 Å². The average molecular weight is 265 g/mol. The summed E-state index contributed by atoms with van der Waals surface area (Å²) in [6, 6.07) is 6.43. The van der Waals surface area contributed by atoms with Crippen LogP contribution in [0.1, 0.15) is 51.3 Å². The van der Waals surface area contributed by atoms with Crippen LogP contribution >= 0.6 is 0 Å². The summed E-state index contributed by atoms with van der Waals surface area (Å²) in [5.41, 5.74) is 2.37. The third kappa shape index (κ3) is 4.84. The van der Waals surface area contributed by atoms with Crippen LogP contribution in [-0.4, -0.2) is 23.9 Å². The van der Waals surface area contributed by atoms with Gasteiger partial charge in [0, 0.05) is 11.6 Å². The van der Waals surface area contributed by atoms with Gasteiger partial charge in [-0.05, 0) is 46.7 Å². The van der Waals surface area contributed by atoms with Crippen LogP contribution in [0.15, 0.2) is 18.2 Å². The SMILES string of the molecule is CCCNC(C)c1cc(C)ccc1OC(C)C(C)O. The van der Waals surface area contributed by atoms with Crippen molar-refractivity contribution in [1.82, 2.24) is 5.32 Å². The fourth-order valence-electron chi connectivity index (χ4n) is 1.88. The molecular formula is C16H27NO2. The number of aliphatic hydroxyl groups is 1. The minimum Gasteiger partial charge on any atom is -0.488 e. The lowest BCUT2D eigenvalue weighted by molar-refractivity contribution is 0.0595. The van der Waals surface area contributed by atoms with E-state index in [1.54, 1.807) is 6.92 Å². The van der Waals surface area contributed by atoms with Crippen LogP contribution in [0.3, 0.4) is 0 Å². The van der Waals surface area contributed by atoms with E-state index in [1.807, 2.05) is 19.1 Å². The normalized spacial score (nSPS) is 15.9. The van der Waals surface area contributed by atoms with E-state index in [1.165, 1.54) is 5.56 Å². The van der Waals surface area contributed by atoms with Gasteiger partial charge in [-0.2, -0.15) is 0 Å². The summed E-state index contributed by atoms with van der Waals surface area (Å²) in [4.78, 5) is 0. The van der Waals surface area contributed by atoms with Crippen LogP contribution in [0, 0.1) is 6.92 Å². The van der Waals surface area contributed by atoms with Gasteiger partial charge in [-0.15, -0.1) is 0 Å². The van der Waals surface area contributed by atoms with Crippen molar-refractivity contribution < 1.29 is 9.84 Å². The molecule has 1 aromatic rings. The highest BCUT2D eigenvalue weighted by Gasteiger charge is 2.16. The largest absolute Gasteiger partial charge is 0.488 e. The number of rotatable bonds is 7. The van der Waals surface area contributed by atoms with Crippen LogP contribution in [0.4, 0.5) is 0 Å². The Labute approximate surface area is 117 Å². The van der Waals surface area contributed by atoms with E-state index in [2.05, 4.69) is 32.2 Å². The first-order valence-electron chi connectivity index (χ1n) is 7.14. The lowest BCUT2D eigenvalue weighted by Crippen LogP contribution is -2.27. The Balaban J connectivity index is 2.90. The monoisotopic (exact) mass is 265 g/mol. The highest BCUT2D eigenvalue weighted by atomic mass is 16.5. The zero-order valence-electron chi connectivity index (χ0n) is 12.7. The summed E-state index contributed by atoms with van der Waals surface area (Å²) in [6.45, 7) is 11.0. The number of aryl methyl sites for hydroxylation is 1. The third-order valence-corrected chi connectivity index (χ3v) is 3.32. The maximum atomic E-state index is 9.57. The van der Waals surface area contributed by atoms with Crippen LogP contribution in [0.25, 0.3) is 0 Å². The molecule has 0 radical (unpaired) electrons. The summed E-state index contributed by atoms with van der Waals surface area (Å²) >= 11 is 0. The van der Waals surface area contributed by atoms with Gasteiger partial charge in [-0.1, -0.05) is 24.6 Å². The van der Waals surface area contributed by atoms with E-state index in [0.29, 0.717) is 0 Å². The second-order valence-electron chi connectivity index (χ2n) is 5.28. The van der Waals surface area contributed by atoms with Crippen molar-refractivity contribution in [3.8, 4) is 5.75 Å². The van der Waals surface area contributed by atoms with Gasteiger partial charge < -0.3 is 15.2 Å². The van der Waals surface area contributed by atoms with Crippen molar-refractivity contribution in [2.75, 3.05) is 6.54 Å². The quantitative estimate of drug-likeness (QED) is 0.795. The summed E-state index contributed by atoms with van der Waals surface area (Å²) in [7, 11) is 0. The van der Waals surface area contributed by atoms with Gasteiger partial charge in [0.1, 0.15) is 11.9 Å². The Kier molecular flexibility index (Phi) is 6.32. The zero-order chi connectivity index (χ0) is 14.4. The highest BCUT2D eigenvalue weighted by Crippen LogP contribution is 2.27. The zero-order valence-corrected chi connectivity index (χ0v) is 12.7. The molecule has 0 aliphatic carbocycles. The molecule has 0 saturated heterocycles. The molecule has 3 atom stereocenters. The Morgan fingerprint density at radius 1 is 1.26 bits per heavy atom. The van der Waals surface area contributed by atoms with Crippen LogP contribution < -0.4 is 10.1 Å². The van der Waals surface area contributed by atoms with Gasteiger partial charge in [0.05, 0.1) is 6.10 Å². The fourth-order valence-corrected chi connectivity index (χ4v) is 1.88. The summed E-state index contributed by atoms with van der Waals surface area (Å²) in [6.07, 6.45) is 0.420. The molecule has 108 valence electrons. The second-order valence-corrected chi connectivity index (χ2v) is 5.28. The summed E-state index contributed by atoms with van der Waals surface area (Å²) in [5.74, 6) is 0.857. The molecule has 19 heavy (non-hydrogen) atoms. The average Bonchev–Trinajstić information content (AvgIpc) is 2.37. The first-order valence-corrected chi connectivity index (χ1v) is 7.14. The van der Waals surface area contributed by atoms with Gasteiger partial charge in [-0.3, -0.25) is 0 Å².